The number of hydrogen-bond donors (Lipinski definition) is 0. The Morgan fingerprint density at radius 1 is 1.06 bits per heavy atom. The summed E-state index contributed by atoms with van der Waals surface area (Å²) in [4.78, 5) is 11.8. The predicted molar refractivity (Wildman–Crippen MR) is 66.7 cm³/mol. The second kappa shape index (κ2) is 5.45. The molecule has 0 fully saturated rings. The SMILES string of the molecule is C[C@@H](OC(=O)c1ccc(F)cc1)c1ccccc1. The van der Waals surface area contributed by atoms with Gasteiger partial charge in [-0.05, 0) is 36.8 Å². The number of benzene rings is 2. The summed E-state index contributed by atoms with van der Waals surface area (Å²) in [5.74, 6) is -0.825. The van der Waals surface area contributed by atoms with E-state index in [2.05, 4.69) is 0 Å². The molecule has 0 saturated carbocycles. The fourth-order valence-corrected chi connectivity index (χ4v) is 1.61. The van der Waals surface area contributed by atoms with Crippen molar-refractivity contribution >= 4 is 5.97 Å². The van der Waals surface area contributed by atoms with E-state index in [1.807, 2.05) is 30.3 Å². The van der Waals surface area contributed by atoms with Crippen molar-refractivity contribution < 1.29 is 13.9 Å². The van der Waals surface area contributed by atoms with E-state index in [1.165, 1.54) is 24.3 Å². The lowest BCUT2D eigenvalue weighted by Crippen LogP contribution is -2.09. The van der Waals surface area contributed by atoms with Crippen LogP contribution in [-0.4, -0.2) is 5.97 Å². The summed E-state index contributed by atoms with van der Waals surface area (Å²) in [7, 11) is 0. The molecule has 18 heavy (non-hydrogen) atoms. The van der Waals surface area contributed by atoms with Gasteiger partial charge >= 0.3 is 5.97 Å². The van der Waals surface area contributed by atoms with Crippen LogP contribution in [0.4, 0.5) is 4.39 Å². The Kier molecular flexibility index (Phi) is 3.72. The van der Waals surface area contributed by atoms with Crippen molar-refractivity contribution in [2.75, 3.05) is 0 Å². The fraction of sp³-hybridized carbons (Fsp3) is 0.133. The van der Waals surface area contributed by atoms with Crippen molar-refractivity contribution in [1.29, 1.82) is 0 Å². The minimum atomic E-state index is -0.452. The molecule has 0 unspecified atom stereocenters. The minimum absolute atomic E-state index is 0.330. The fourth-order valence-electron chi connectivity index (χ4n) is 1.61. The van der Waals surface area contributed by atoms with Crippen molar-refractivity contribution in [3.8, 4) is 0 Å². The first kappa shape index (κ1) is 12.3. The molecular weight excluding hydrogens is 231 g/mol. The molecule has 2 aromatic rings. The molecule has 0 aliphatic heterocycles. The van der Waals surface area contributed by atoms with E-state index in [4.69, 9.17) is 4.74 Å². The first-order valence-electron chi connectivity index (χ1n) is 5.68. The first-order valence-corrected chi connectivity index (χ1v) is 5.68. The Morgan fingerprint density at radius 3 is 2.28 bits per heavy atom. The van der Waals surface area contributed by atoms with E-state index in [0.29, 0.717) is 5.56 Å². The van der Waals surface area contributed by atoms with Crippen LogP contribution in [0.1, 0.15) is 28.9 Å². The monoisotopic (exact) mass is 244 g/mol. The predicted octanol–water partition coefficient (Wildman–Crippen LogP) is 3.74. The van der Waals surface area contributed by atoms with Gasteiger partial charge in [-0.2, -0.15) is 0 Å². The van der Waals surface area contributed by atoms with E-state index in [9.17, 15) is 9.18 Å². The minimum Gasteiger partial charge on any atom is -0.454 e. The van der Waals surface area contributed by atoms with Crippen molar-refractivity contribution in [1.82, 2.24) is 0 Å². The van der Waals surface area contributed by atoms with Crippen LogP contribution in [0.3, 0.4) is 0 Å². The van der Waals surface area contributed by atoms with Crippen molar-refractivity contribution in [2.24, 2.45) is 0 Å². The quantitative estimate of drug-likeness (QED) is 0.769. The van der Waals surface area contributed by atoms with Crippen molar-refractivity contribution in [2.45, 2.75) is 13.0 Å². The summed E-state index contributed by atoms with van der Waals surface area (Å²) in [6.07, 6.45) is -0.330. The van der Waals surface area contributed by atoms with Gasteiger partial charge in [0.05, 0.1) is 5.56 Å². The lowest BCUT2D eigenvalue weighted by atomic mass is 10.1. The van der Waals surface area contributed by atoms with Gasteiger partial charge in [0.15, 0.2) is 0 Å². The van der Waals surface area contributed by atoms with Gasteiger partial charge in [-0.1, -0.05) is 30.3 Å². The number of esters is 1. The maximum absolute atomic E-state index is 12.7. The molecule has 0 aliphatic rings. The first-order chi connectivity index (χ1) is 8.66. The van der Waals surface area contributed by atoms with Gasteiger partial charge in [-0.3, -0.25) is 0 Å². The van der Waals surface area contributed by atoms with Crippen molar-refractivity contribution in [3.63, 3.8) is 0 Å². The summed E-state index contributed by atoms with van der Waals surface area (Å²) in [5, 5.41) is 0. The lowest BCUT2D eigenvalue weighted by Gasteiger charge is -2.13. The number of halogens is 1. The summed E-state index contributed by atoms with van der Waals surface area (Å²) in [6, 6.07) is 14.8. The van der Waals surface area contributed by atoms with Crippen LogP contribution in [0.25, 0.3) is 0 Å². The van der Waals surface area contributed by atoms with Gasteiger partial charge in [0, 0.05) is 0 Å². The number of hydrogen-bond acceptors (Lipinski definition) is 2. The molecule has 2 rings (SSSR count). The van der Waals surface area contributed by atoms with E-state index < -0.39 is 5.97 Å². The molecule has 0 aliphatic carbocycles. The molecule has 0 heterocycles. The molecule has 3 heteroatoms. The number of carbonyl (C=O) groups is 1. The molecule has 0 amide bonds. The molecule has 2 nitrogen and oxygen atoms in total. The average Bonchev–Trinajstić information content (AvgIpc) is 2.40. The van der Waals surface area contributed by atoms with Gasteiger partial charge in [-0.15, -0.1) is 0 Å². The molecule has 0 spiro atoms. The maximum Gasteiger partial charge on any atom is 0.338 e. The molecule has 0 radical (unpaired) electrons. The summed E-state index contributed by atoms with van der Waals surface area (Å²) in [6.45, 7) is 1.80. The zero-order chi connectivity index (χ0) is 13.0. The molecule has 0 aromatic heterocycles. The highest BCUT2D eigenvalue weighted by Crippen LogP contribution is 2.18. The topological polar surface area (TPSA) is 26.3 Å². The van der Waals surface area contributed by atoms with E-state index >= 15 is 0 Å². The number of ether oxygens (including phenoxy) is 1. The highest BCUT2D eigenvalue weighted by molar-refractivity contribution is 5.89. The van der Waals surface area contributed by atoms with E-state index in [-0.39, 0.29) is 11.9 Å². The van der Waals surface area contributed by atoms with Gasteiger partial charge in [0.2, 0.25) is 0 Å². The molecule has 0 saturated heterocycles. The van der Waals surface area contributed by atoms with E-state index in [0.717, 1.165) is 5.56 Å². The van der Waals surface area contributed by atoms with E-state index in [1.54, 1.807) is 6.92 Å². The third-order valence-corrected chi connectivity index (χ3v) is 2.63. The van der Waals surface area contributed by atoms with Crippen molar-refractivity contribution in [3.05, 3.63) is 71.5 Å². The molecule has 92 valence electrons. The van der Waals surface area contributed by atoms with Gasteiger partial charge < -0.3 is 4.74 Å². The maximum atomic E-state index is 12.7. The average molecular weight is 244 g/mol. The number of carbonyl (C=O) groups excluding carboxylic acids is 1. The summed E-state index contributed by atoms with van der Waals surface area (Å²) >= 11 is 0. The second-order valence-corrected chi connectivity index (χ2v) is 3.97. The van der Waals surface area contributed by atoms with Crippen LogP contribution in [0, 0.1) is 5.82 Å². The van der Waals surface area contributed by atoms with Crippen LogP contribution in [0.5, 0.6) is 0 Å². The Bertz CT molecular complexity index is 520. The molecule has 0 N–H and O–H groups in total. The Balaban J connectivity index is 2.06. The molecule has 0 bridgehead atoms. The lowest BCUT2D eigenvalue weighted by molar-refractivity contribution is 0.0338. The number of rotatable bonds is 3. The van der Waals surface area contributed by atoms with Gasteiger partial charge in [-0.25, -0.2) is 9.18 Å². The van der Waals surface area contributed by atoms with Crippen LogP contribution < -0.4 is 0 Å². The van der Waals surface area contributed by atoms with Crippen LogP contribution in [0.2, 0.25) is 0 Å². The highest BCUT2D eigenvalue weighted by Gasteiger charge is 2.13. The van der Waals surface area contributed by atoms with Crippen LogP contribution in [-0.2, 0) is 4.74 Å². The molecule has 2 aromatic carbocycles. The standard InChI is InChI=1S/C15H13FO2/c1-11(12-5-3-2-4-6-12)18-15(17)13-7-9-14(16)10-8-13/h2-11H,1H3/t11-/m1/s1. The largest absolute Gasteiger partial charge is 0.454 e. The Labute approximate surface area is 105 Å². The second-order valence-electron chi connectivity index (χ2n) is 3.97. The Morgan fingerprint density at radius 2 is 1.67 bits per heavy atom. The van der Waals surface area contributed by atoms with Gasteiger partial charge in [0.1, 0.15) is 11.9 Å². The molecular formula is C15H13FO2. The van der Waals surface area contributed by atoms with Crippen LogP contribution in [0.15, 0.2) is 54.6 Å². The third-order valence-electron chi connectivity index (χ3n) is 2.63. The van der Waals surface area contributed by atoms with Gasteiger partial charge in [0.25, 0.3) is 0 Å². The third kappa shape index (κ3) is 2.94. The van der Waals surface area contributed by atoms with Crippen LogP contribution >= 0.6 is 0 Å². The highest BCUT2D eigenvalue weighted by atomic mass is 19.1. The zero-order valence-corrected chi connectivity index (χ0v) is 9.97. The zero-order valence-electron chi connectivity index (χ0n) is 9.97. The Hall–Kier alpha value is -2.16. The normalized spacial score (nSPS) is 11.9. The summed E-state index contributed by atoms with van der Waals surface area (Å²) < 4.78 is 18.0. The smallest absolute Gasteiger partial charge is 0.338 e. The summed E-state index contributed by atoms with van der Waals surface area (Å²) in [5.41, 5.74) is 1.27. The molecule has 1 atom stereocenters.